The van der Waals surface area contributed by atoms with E-state index in [2.05, 4.69) is 20.7 Å². The van der Waals surface area contributed by atoms with E-state index >= 15 is 0 Å². The van der Waals surface area contributed by atoms with Crippen LogP contribution >= 0.6 is 11.6 Å². The fourth-order valence-corrected chi connectivity index (χ4v) is 6.35. The lowest BCUT2D eigenvalue weighted by Gasteiger charge is -2.21. The first kappa shape index (κ1) is 36.2. The molecule has 10 nitrogen and oxygen atoms in total. The molecule has 0 saturated carbocycles. The molecule has 2 heterocycles. The molecule has 2 amide bonds. The van der Waals surface area contributed by atoms with Gasteiger partial charge in [-0.1, -0.05) is 35.9 Å². The van der Waals surface area contributed by atoms with Crippen molar-refractivity contribution >= 4 is 40.8 Å². The lowest BCUT2D eigenvalue weighted by atomic mass is 9.97. The lowest BCUT2D eigenvalue weighted by Crippen LogP contribution is -2.31. The van der Waals surface area contributed by atoms with Crippen molar-refractivity contribution in [1.82, 2.24) is 25.2 Å². The van der Waals surface area contributed by atoms with Gasteiger partial charge in [0.2, 0.25) is 0 Å². The number of benzene rings is 3. The number of fused-ring (bicyclic) bond motifs is 2. The first-order chi connectivity index (χ1) is 24.6. The van der Waals surface area contributed by atoms with Crippen LogP contribution < -0.4 is 10.6 Å². The number of hydrogen-bond acceptors (Lipinski definition) is 7. The fraction of sp³-hybridized carbons (Fsp3) is 0.263. The van der Waals surface area contributed by atoms with Crippen molar-refractivity contribution in [2.24, 2.45) is 0 Å². The highest BCUT2D eigenvalue weighted by Crippen LogP contribution is 2.35. The molecule has 2 aromatic heterocycles. The van der Waals surface area contributed by atoms with E-state index in [1.807, 2.05) is 6.92 Å². The van der Waals surface area contributed by atoms with Gasteiger partial charge < -0.3 is 15.4 Å². The van der Waals surface area contributed by atoms with E-state index in [1.165, 1.54) is 12.3 Å². The summed E-state index contributed by atoms with van der Waals surface area (Å²) in [5, 5.41) is 10.1. The molecule has 5 aromatic rings. The highest BCUT2D eigenvalue weighted by Gasteiger charge is 2.31. The van der Waals surface area contributed by atoms with Gasteiger partial charge in [-0.2, -0.15) is 5.10 Å². The summed E-state index contributed by atoms with van der Waals surface area (Å²) in [7, 11) is 0. The summed E-state index contributed by atoms with van der Waals surface area (Å²) >= 11 is 6.29. The van der Waals surface area contributed by atoms with Gasteiger partial charge in [0, 0.05) is 24.1 Å². The Morgan fingerprint density at radius 1 is 0.981 bits per heavy atom. The lowest BCUT2D eigenvalue weighted by molar-refractivity contribution is 0.00682. The fourth-order valence-electron chi connectivity index (χ4n) is 6.15. The Labute approximate surface area is 301 Å². The molecule has 1 aliphatic rings. The number of nitrogens with one attached hydrogen (secondary N) is 2. The van der Waals surface area contributed by atoms with E-state index in [-0.39, 0.29) is 34.6 Å². The molecular formula is C38H33ClF3N5O5. The molecule has 3 aromatic carbocycles. The maximum atomic E-state index is 14.0. The van der Waals surface area contributed by atoms with Crippen molar-refractivity contribution in [3.05, 3.63) is 134 Å². The maximum absolute atomic E-state index is 14.0. The molecule has 0 bridgehead atoms. The average molecular weight is 732 g/mol. The molecule has 1 aliphatic carbocycles. The van der Waals surface area contributed by atoms with Crippen molar-refractivity contribution in [3.8, 4) is 0 Å². The summed E-state index contributed by atoms with van der Waals surface area (Å²) in [4.78, 5) is 58.1. The number of aromatic nitrogens is 3. The van der Waals surface area contributed by atoms with E-state index in [1.54, 1.807) is 57.2 Å². The number of carbonyl (C=O) groups excluding carboxylic acids is 4. The van der Waals surface area contributed by atoms with Crippen molar-refractivity contribution in [2.45, 2.75) is 65.1 Å². The number of esters is 1. The Hall–Kier alpha value is -5.56. The molecule has 6 rings (SSSR count). The van der Waals surface area contributed by atoms with Crippen LogP contribution in [0.15, 0.2) is 60.8 Å². The molecule has 0 fully saturated rings. The molecule has 0 spiro atoms. The van der Waals surface area contributed by atoms with Gasteiger partial charge in [-0.25, -0.2) is 27.5 Å². The Morgan fingerprint density at radius 2 is 1.69 bits per heavy atom. The zero-order valence-electron chi connectivity index (χ0n) is 28.6. The van der Waals surface area contributed by atoms with Crippen LogP contribution in [0.3, 0.4) is 0 Å². The van der Waals surface area contributed by atoms with Crippen LogP contribution in [0.2, 0.25) is 5.02 Å². The third kappa shape index (κ3) is 7.40. The number of hydrogen-bond donors (Lipinski definition) is 2. The predicted molar refractivity (Wildman–Crippen MR) is 185 cm³/mol. The normalized spacial score (nSPS) is 13.9. The molecular weight excluding hydrogens is 699 g/mol. The zero-order chi connectivity index (χ0) is 37.5. The summed E-state index contributed by atoms with van der Waals surface area (Å²) in [5.74, 6) is -6.85. The number of ketones is 1. The van der Waals surface area contributed by atoms with Crippen LogP contribution in [0.25, 0.3) is 5.65 Å². The zero-order valence-corrected chi connectivity index (χ0v) is 29.3. The van der Waals surface area contributed by atoms with E-state index in [0.717, 1.165) is 33.3 Å². The number of Topliss-reactive ketones (excluding diaryl/α,β-unsaturated/α-hetero) is 1. The minimum absolute atomic E-state index is 0.0165. The summed E-state index contributed by atoms with van der Waals surface area (Å²) in [6.07, 6.45) is 2.23. The number of carbonyl (C=O) groups is 4. The average Bonchev–Trinajstić information content (AvgIpc) is 3.70. The van der Waals surface area contributed by atoms with Gasteiger partial charge >= 0.3 is 5.97 Å². The number of amides is 2. The maximum Gasteiger partial charge on any atom is 0.338 e. The van der Waals surface area contributed by atoms with E-state index in [9.17, 15) is 32.3 Å². The van der Waals surface area contributed by atoms with Gasteiger partial charge in [0.1, 0.15) is 17.0 Å². The third-order valence-corrected chi connectivity index (χ3v) is 9.03. The third-order valence-electron chi connectivity index (χ3n) is 8.66. The SMILES string of the molecule is Cc1c(C(=O)OC(C)(C)C)ccc2c1CC[C@@H]2NC(=O)c1cc(C(=O)NCc2cc(F)c(F)c(F)c2)nc2c(C(=O)Cc3ccccc3Cl)cnn12. The Bertz CT molecular complexity index is 2260. The van der Waals surface area contributed by atoms with Crippen molar-refractivity contribution < 1.29 is 37.1 Å². The van der Waals surface area contributed by atoms with Crippen LogP contribution in [0, 0.1) is 24.4 Å². The van der Waals surface area contributed by atoms with Crippen LogP contribution in [0.4, 0.5) is 13.2 Å². The molecule has 0 aliphatic heterocycles. The molecule has 52 heavy (non-hydrogen) atoms. The highest BCUT2D eigenvalue weighted by molar-refractivity contribution is 6.31. The second kappa shape index (κ2) is 14.2. The van der Waals surface area contributed by atoms with E-state index in [0.29, 0.717) is 29.0 Å². The topological polar surface area (TPSA) is 132 Å². The van der Waals surface area contributed by atoms with Crippen LogP contribution in [-0.2, 0) is 24.1 Å². The first-order valence-electron chi connectivity index (χ1n) is 16.3. The molecule has 2 N–H and O–H groups in total. The number of halogens is 4. The predicted octanol–water partition coefficient (Wildman–Crippen LogP) is 6.84. The summed E-state index contributed by atoms with van der Waals surface area (Å²) < 4.78 is 47.8. The molecule has 0 unspecified atom stereocenters. The number of ether oxygens (including phenoxy) is 1. The second-order valence-electron chi connectivity index (χ2n) is 13.4. The summed E-state index contributed by atoms with van der Waals surface area (Å²) in [6, 6.07) is 12.4. The molecule has 0 radical (unpaired) electrons. The smallest absolute Gasteiger partial charge is 0.338 e. The summed E-state index contributed by atoms with van der Waals surface area (Å²) in [6.45, 7) is 6.79. The van der Waals surface area contributed by atoms with E-state index in [4.69, 9.17) is 16.3 Å². The standard InChI is InChI=1S/C38H33ClF3N5O5/c1-19-22-11-12-29(24(22)10-9-23(19)37(51)52-38(2,3)4)46-36(50)31-16-30(35(49)43-17-20-13-27(40)33(42)28(41)14-20)45-34-25(18-44-47(31)34)32(48)15-21-7-5-6-8-26(21)39/h5-10,13-14,16,18,29H,11-12,15,17H2,1-4H3,(H,43,49)(H,46,50)/t29-/m0/s1. The Balaban J connectivity index is 1.32. The quantitative estimate of drug-likeness (QED) is 0.0965. The Morgan fingerprint density at radius 3 is 2.38 bits per heavy atom. The minimum atomic E-state index is -1.64. The number of nitrogens with zero attached hydrogens (tertiary/aromatic N) is 3. The molecule has 14 heteroatoms. The molecule has 268 valence electrons. The monoisotopic (exact) mass is 731 g/mol. The van der Waals surface area contributed by atoms with Gasteiger partial charge in [-0.3, -0.25) is 14.4 Å². The first-order valence-corrected chi connectivity index (χ1v) is 16.7. The summed E-state index contributed by atoms with van der Waals surface area (Å²) in [5.41, 5.74) is 2.24. The van der Waals surface area contributed by atoms with Gasteiger partial charge in [0.05, 0.1) is 23.4 Å². The van der Waals surface area contributed by atoms with Crippen LogP contribution in [0.5, 0.6) is 0 Å². The second-order valence-corrected chi connectivity index (χ2v) is 13.8. The highest BCUT2D eigenvalue weighted by atomic mass is 35.5. The van der Waals surface area contributed by atoms with Crippen molar-refractivity contribution in [1.29, 1.82) is 0 Å². The minimum Gasteiger partial charge on any atom is -0.456 e. The van der Waals surface area contributed by atoms with Gasteiger partial charge in [0.15, 0.2) is 28.9 Å². The largest absolute Gasteiger partial charge is 0.456 e. The molecule has 0 saturated heterocycles. The van der Waals surface area contributed by atoms with Gasteiger partial charge in [0.25, 0.3) is 11.8 Å². The van der Waals surface area contributed by atoms with Crippen molar-refractivity contribution in [3.63, 3.8) is 0 Å². The van der Waals surface area contributed by atoms with Crippen molar-refractivity contribution in [2.75, 3.05) is 0 Å². The Kier molecular flexibility index (Phi) is 9.91. The number of rotatable bonds is 9. The molecule has 1 atom stereocenters. The van der Waals surface area contributed by atoms with Crippen LogP contribution in [0.1, 0.15) is 103 Å². The van der Waals surface area contributed by atoms with Gasteiger partial charge in [-0.15, -0.1) is 0 Å². The van der Waals surface area contributed by atoms with Crippen LogP contribution in [-0.4, -0.2) is 43.8 Å². The van der Waals surface area contributed by atoms with E-state index < -0.39 is 59.2 Å². The van der Waals surface area contributed by atoms with Gasteiger partial charge in [-0.05, 0) is 92.6 Å².